The van der Waals surface area contributed by atoms with Crippen LogP contribution >= 0.6 is 0 Å². The Balaban J connectivity index is 1.83. The van der Waals surface area contributed by atoms with Crippen LogP contribution in [0.3, 0.4) is 0 Å². The van der Waals surface area contributed by atoms with Gasteiger partial charge >= 0.3 is 6.03 Å². The number of urea groups is 1. The van der Waals surface area contributed by atoms with E-state index in [-0.39, 0.29) is 6.03 Å². The highest BCUT2D eigenvalue weighted by molar-refractivity contribution is 5.74. The number of nitrogens with one attached hydrogen (secondary N) is 1. The predicted molar refractivity (Wildman–Crippen MR) is 74.6 cm³/mol. The fourth-order valence-corrected chi connectivity index (χ4v) is 3.55. The van der Waals surface area contributed by atoms with Crippen molar-refractivity contribution in [3.05, 3.63) is 0 Å². The second-order valence-electron chi connectivity index (χ2n) is 6.22. The lowest BCUT2D eigenvalue weighted by atomic mass is 9.85. The lowest BCUT2D eigenvalue weighted by Crippen LogP contribution is -2.50. The Labute approximate surface area is 111 Å². The van der Waals surface area contributed by atoms with Gasteiger partial charge in [-0.25, -0.2) is 4.79 Å². The highest BCUT2D eigenvalue weighted by Gasteiger charge is 2.28. The normalized spacial score (nSPS) is 29.9. The smallest absolute Gasteiger partial charge is 0.317 e. The molecule has 0 aromatic rings. The number of hydrogen-bond donors (Lipinski definition) is 1. The first-order valence-electron chi connectivity index (χ1n) is 7.72. The molecule has 1 N–H and O–H groups in total. The highest BCUT2D eigenvalue weighted by atomic mass is 16.2. The Morgan fingerprint density at radius 2 is 1.61 bits per heavy atom. The standard InChI is InChI=1S/C15H28N2O/c1-12-8-6-7-11-14(12)17(2)15(18)16-13-9-4-3-5-10-13/h12-14H,3-11H2,1-2H3,(H,16,18). The summed E-state index contributed by atoms with van der Waals surface area (Å²) in [6.45, 7) is 2.29. The summed E-state index contributed by atoms with van der Waals surface area (Å²) >= 11 is 0. The van der Waals surface area contributed by atoms with E-state index in [1.807, 2.05) is 11.9 Å². The van der Waals surface area contributed by atoms with Crippen molar-refractivity contribution in [1.29, 1.82) is 0 Å². The maximum atomic E-state index is 12.3. The topological polar surface area (TPSA) is 32.3 Å². The molecule has 0 aromatic heterocycles. The minimum Gasteiger partial charge on any atom is -0.335 e. The molecule has 2 amide bonds. The van der Waals surface area contributed by atoms with E-state index in [1.165, 1.54) is 57.8 Å². The summed E-state index contributed by atoms with van der Waals surface area (Å²) < 4.78 is 0. The van der Waals surface area contributed by atoms with E-state index in [9.17, 15) is 4.79 Å². The fraction of sp³-hybridized carbons (Fsp3) is 0.933. The van der Waals surface area contributed by atoms with Crippen molar-refractivity contribution in [2.75, 3.05) is 7.05 Å². The molecule has 3 heteroatoms. The second-order valence-corrected chi connectivity index (χ2v) is 6.22. The van der Waals surface area contributed by atoms with Crippen LogP contribution in [-0.4, -0.2) is 30.1 Å². The van der Waals surface area contributed by atoms with Gasteiger partial charge in [0.1, 0.15) is 0 Å². The number of carbonyl (C=O) groups excluding carboxylic acids is 1. The minimum atomic E-state index is 0.153. The summed E-state index contributed by atoms with van der Waals surface area (Å²) in [6.07, 6.45) is 11.3. The monoisotopic (exact) mass is 252 g/mol. The van der Waals surface area contributed by atoms with Crippen molar-refractivity contribution in [3.8, 4) is 0 Å². The predicted octanol–water partition coefficient (Wildman–Crippen LogP) is 3.54. The first-order chi connectivity index (χ1) is 8.68. The van der Waals surface area contributed by atoms with E-state index in [0.717, 1.165) is 0 Å². The Morgan fingerprint density at radius 1 is 1.00 bits per heavy atom. The van der Waals surface area contributed by atoms with Gasteiger partial charge in [-0.3, -0.25) is 0 Å². The largest absolute Gasteiger partial charge is 0.335 e. The highest BCUT2D eigenvalue weighted by Crippen LogP contribution is 2.27. The van der Waals surface area contributed by atoms with Crippen molar-refractivity contribution in [2.24, 2.45) is 5.92 Å². The maximum Gasteiger partial charge on any atom is 0.317 e. The maximum absolute atomic E-state index is 12.3. The molecule has 0 bridgehead atoms. The number of amides is 2. The number of rotatable bonds is 2. The van der Waals surface area contributed by atoms with E-state index in [2.05, 4.69) is 12.2 Å². The fourth-order valence-electron chi connectivity index (χ4n) is 3.55. The number of hydrogen-bond acceptors (Lipinski definition) is 1. The molecule has 2 fully saturated rings. The van der Waals surface area contributed by atoms with Gasteiger partial charge in [-0.1, -0.05) is 39.0 Å². The van der Waals surface area contributed by atoms with Crippen molar-refractivity contribution in [1.82, 2.24) is 10.2 Å². The third-order valence-electron chi connectivity index (χ3n) is 4.82. The van der Waals surface area contributed by atoms with Crippen LogP contribution in [0.25, 0.3) is 0 Å². The molecule has 3 nitrogen and oxygen atoms in total. The Morgan fingerprint density at radius 3 is 2.28 bits per heavy atom. The molecule has 2 aliphatic rings. The van der Waals surface area contributed by atoms with Gasteiger partial charge in [0, 0.05) is 19.1 Å². The second kappa shape index (κ2) is 6.44. The van der Waals surface area contributed by atoms with Crippen LogP contribution in [0.5, 0.6) is 0 Å². The average molecular weight is 252 g/mol. The molecular weight excluding hydrogens is 224 g/mol. The molecule has 104 valence electrons. The first-order valence-corrected chi connectivity index (χ1v) is 7.72. The van der Waals surface area contributed by atoms with Crippen LogP contribution < -0.4 is 5.32 Å². The van der Waals surface area contributed by atoms with Crippen molar-refractivity contribution >= 4 is 6.03 Å². The summed E-state index contributed by atoms with van der Waals surface area (Å²) in [4.78, 5) is 14.2. The van der Waals surface area contributed by atoms with Crippen LogP contribution in [0.15, 0.2) is 0 Å². The van der Waals surface area contributed by atoms with Crippen LogP contribution in [0, 0.1) is 5.92 Å². The van der Waals surface area contributed by atoms with Crippen molar-refractivity contribution < 1.29 is 4.79 Å². The van der Waals surface area contributed by atoms with Gasteiger partial charge < -0.3 is 10.2 Å². The van der Waals surface area contributed by atoms with E-state index >= 15 is 0 Å². The third kappa shape index (κ3) is 3.39. The van der Waals surface area contributed by atoms with Gasteiger partial charge in [0.15, 0.2) is 0 Å². The molecule has 0 spiro atoms. The summed E-state index contributed by atoms with van der Waals surface area (Å²) in [6, 6.07) is 1.02. The van der Waals surface area contributed by atoms with E-state index in [4.69, 9.17) is 0 Å². The average Bonchev–Trinajstić information content (AvgIpc) is 2.39. The molecule has 0 radical (unpaired) electrons. The summed E-state index contributed by atoms with van der Waals surface area (Å²) in [5.74, 6) is 0.654. The molecule has 0 aliphatic heterocycles. The van der Waals surface area contributed by atoms with Crippen LogP contribution in [0.2, 0.25) is 0 Å². The first kappa shape index (κ1) is 13.7. The van der Waals surface area contributed by atoms with Gasteiger partial charge in [-0.15, -0.1) is 0 Å². The van der Waals surface area contributed by atoms with Gasteiger partial charge in [0.05, 0.1) is 0 Å². The third-order valence-corrected chi connectivity index (χ3v) is 4.82. The Hall–Kier alpha value is -0.730. The molecule has 2 rings (SSSR count). The lowest BCUT2D eigenvalue weighted by molar-refractivity contribution is 0.140. The van der Waals surface area contributed by atoms with Crippen LogP contribution in [-0.2, 0) is 0 Å². The quantitative estimate of drug-likeness (QED) is 0.801. The zero-order valence-corrected chi connectivity index (χ0v) is 12.0. The Kier molecular flexibility index (Phi) is 4.90. The SMILES string of the molecule is CC1CCCCC1N(C)C(=O)NC1CCCCC1. The minimum absolute atomic E-state index is 0.153. The molecule has 2 saturated carbocycles. The molecular formula is C15H28N2O. The van der Waals surface area contributed by atoms with E-state index in [0.29, 0.717) is 18.0 Å². The summed E-state index contributed by atoms with van der Waals surface area (Å²) in [5.41, 5.74) is 0. The molecule has 2 unspecified atom stereocenters. The van der Waals surface area contributed by atoms with E-state index in [1.54, 1.807) is 0 Å². The lowest BCUT2D eigenvalue weighted by Gasteiger charge is -2.37. The van der Waals surface area contributed by atoms with Gasteiger partial charge in [0.2, 0.25) is 0 Å². The Bertz CT molecular complexity index is 274. The van der Waals surface area contributed by atoms with Gasteiger partial charge in [-0.2, -0.15) is 0 Å². The number of carbonyl (C=O) groups is 1. The molecule has 0 heterocycles. The zero-order valence-electron chi connectivity index (χ0n) is 12.0. The number of nitrogens with zero attached hydrogens (tertiary/aromatic N) is 1. The zero-order chi connectivity index (χ0) is 13.0. The summed E-state index contributed by atoms with van der Waals surface area (Å²) in [5, 5.41) is 3.22. The van der Waals surface area contributed by atoms with E-state index < -0.39 is 0 Å². The molecule has 0 aromatic carbocycles. The van der Waals surface area contributed by atoms with Gasteiger partial charge in [-0.05, 0) is 31.6 Å². The molecule has 2 atom stereocenters. The van der Waals surface area contributed by atoms with Crippen LogP contribution in [0.4, 0.5) is 4.79 Å². The summed E-state index contributed by atoms with van der Waals surface area (Å²) in [7, 11) is 1.98. The molecule has 0 saturated heterocycles. The van der Waals surface area contributed by atoms with Crippen LogP contribution in [0.1, 0.15) is 64.7 Å². The van der Waals surface area contributed by atoms with Crippen molar-refractivity contribution in [3.63, 3.8) is 0 Å². The van der Waals surface area contributed by atoms with Gasteiger partial charge in [0.25, 0.3) is 0 Å². The molecule has 18 heavy (non-hydrogen) atoms. The molecule has 2 aliphatic carbocycles. The van der Waals surface area contributed by atoms with Crippen molar-refractivity contribution in [2.45, 2.75) is 76.8 Å².